The molecular formula is C24H26N4O3. The van der Waals surface area contributed by atoms with Crippen molar-refractivity contribution in [3.63, 3.8) is 0 Å². The molecule has 4 heterocycles. The number of nitrogens with zero attached hydrogens (tertiary/aromatic N) is 2. The minimum Gasteiger partial charge on any atom is -0.448 e. The van der Waals surface area contributed by atoms with Gasteiger partial charge in [-0.15, -0.1) is 0 Å². The molecule has 2 N–H and O–H groups in total. The lowest BCUT2D eigenvalue weighted by atomic mass is 10.0. The van der Waals surface area contributed by atoms with E-state index < -0.39 is 0 Å². The molecule has 3 aliphatic heterocycles. The van der Waals surface area contributed by atoms with E-state index in [0.29, 0.717) is 25.3 Å². The van der Waals surface area contributed by atoms with Crippen molar-refractivity contribution < 1.29 is 14.3 Å². The van der Waals surface area contributed by atoms with E-state index in [1.165, 1.54) is 25.1 Å². The van der Waals surface area contributed by atoms with E-state index in [4.69, 9.17) is 4.74 Å². The number of aromatic nitrogens is 1. The number of likely N-dealkylation sites (tertiary alicyclic amines) is 1. The molecule has 1 saturated carbocycles. The summed E-state index contributed by atoms with van der Waals surface area (Å²) in [5.74, 6) is 1.79. The molecule has 2 atom stereocenters. The summed E-state index contributed by atoms with van der Waals surface area (Å²) in [6.07, 6.45) is 5.89. The lowest BCUT2D eigenvalue weighted by Crippen LogP contribution is -2.26. The zero-order valence-corrected chi connectivity index (χ0v) is 17.4. The first kappa shape index (κ1) is 18.7. The predicted octanol–water partition coefficient (Wildman–Crippen LogP) is 2.95. The Balaban J connectivity index is 1.17. The summed E-state index contributed by atoms with van der Waals surface area (Å²) in [5.41, 5.74) is 5.74. The lowest BCUT2D eigenvalue weighted by Gasteiger charge is -2.15. The number of amides is 2. The molecule has 160 valence electrons. The van der Waals surface area contributed by atoms with E-state index in [1.54, 1.807) is 4.90 Å². The van der Waals surface area contributed by atoms with Gasteiger partial charge in [-0.2, -0.15) is 0 Å². The number of hydrogen-bond donors (Lipinski definition) is 2. The first-order chi connectivity index (χ1) is 15.1. The van der Waals surface area contributed by atoms with E-state index >= 15 is 0 Å². The minimum atomic E-state index is -0.243. The number of aromatic amines is 1. The molecule has 2 saturated heterocycles. The number of carbonyl (C=O) groups is 2. The Morgan fingerprint density at radius 3 is 2.81 bits per heavy atom. The van der Waals surface area contributed by atoms with Crippen LogP contribution in [0, 0.1) is 11.8 Å². The predicted molar refractivity (Wildman–Crippen MR) is 117 cm³/mol. The largest absolute Gasteiger partial charge is 0.448 e. The molecule has 0 radical (unpaired) electrons. The Hall–Kier alpha value is -3.06. The third-order valence-electron chi connectivity index (χ3n) is 6.91. The topological polar surface area (TPSA) is 77.7 Å². The van der Waals surface area contributed by atoms with Crippen molar-refractivity contribution in [2.45, 2.75) is 19.4 Å². The maximum Gasteiger partial charge on any atom is 0.409 e. The molecule has 0 unspecified atom stereocenters. The highest BCUT2D eigenvalue weighted by Gasteiger charge is 2.44. The third-order valence-corrected chi connectivity index (χ3v) is 6.91. The van der Waals surface area contributed by atoms with Crippen LogP contribution in [0.1, 0.15) is 28.8 Å². The number of rotatable bonds is 6. The fourth-order valence-corrected chi connectivity index (χ4v) is 5.10. The molecule has 1 aromatic carbocycles. The number of cyclic esters (lactones) is 1. The molecule has 31 heavy (non-hydrogen) atoms. The molecule has 6 rings (SSSR count). The highest BCUT2D eigenvalue weighted by atomic mass is 16.6. The summed E-state index contributed by atoms with van der Waals surface area (Å²) in [7, 11) is 0. The Morgan fingerprint density at radius 2 is 2.00 bits per heavy atom. The van der Waals surface area contributed by atoms with Gasteiger partial charge in [-0.3, -0.25) is 9.69 Å². The minimum absolute atomic E-state index is 0.0777. The van der Waals surface area contributed by atoms with Crippen molar-refractivity contribution >= 4 is 29.3 Å². The summed E-state index contributed by atoms with van der Waals surface area (Å²) in [6.45, 7) is 5.14. The number of H-pyrrole nitrogens is 1. The fraction of sp³-hybridized carbons (Fsp3) is 0.417. The SMILES string of the molecule is O=C1Nc2ccc(CCN3CCOC3=O)cc2/C1=C/c1cc(CN2C[C@H]3C[C@H]3C2)c[nH]1. The second kappa shape index (κ2) is 7.27. The van der Waals surface area contributed by atoms with Gasteiger partial charge < -0.3 is 19.9 Å². The number of piperidine rings is 1. The normalized spacial score (nSPS) is 25.7. The van der Waals surface area contributed by atoms with Crippen molar-refractivity contribution in [2.75, 3.05) is 38.1 Å². The second-order valence-corrected chi connectivity index (χ2v) is 9.16. The molecule has 3 fully saturated rings. The quantitative estimate of drug-likeness (QED) is 0.707. The number of fused-ring (bicyclic) bond motifs is 2. The van der Waals surface area contributed by atoms with Gasteiger partial charge in [0.25, 0.3) is 5.91 Å². The van der Waals surface area contributed by atoms with Gasteiger partial charge in [0.2, 0.25) is 0 Å². The van der Waals surface area contributed by atoms with Crippen LogP contribution in [0.15, 0.2) is 30.5 Å². The Bertz CT molecular complexity index is 1080. The van der Waals surface area contributed by atoms with Crippen molar-refractivity contribution in [2.24, 2.45) is 11.8 Å². The highest BCUT2D eigenvalue weighted by molar-refractivity contribution is 6.34. The van der Waals surface area contributed by atoms with Gasteiger partial charge in [0, 0.05) is 49.3 Å². The first-order valence-electron chi connectivity index (χ1n) is 11.1. The van der Waals surface area contributed by atoms with Crippen LogP contribution in [0.25, 0.3) is 11.6 Å². The van der Waals surface area contributed by atoms with Crippen molar-refractivity contribution in [1.82, 2.24) is 14.8 Å². The van der Waals surface area contributed by atoms with Gasteiger partial charge in [-0.1, -0.05) is 6.07 Å². The smallest absolute Gasteiger partial charge is 0.409 e. The number of nitrogens with one attached hydrogen (secondary N) is 2. The van der Waals surface area contributed by atoms with Crippen molar-refractivity contribution in [3.05, 3.63) is 52.8 Å². The molecule has 0 spiro atoms. The van der Waals surface area contributed by atoms with Crippen LogP contribution in [0.2, 0.25) is 0 Å². The third kappa shape index (κ3) is 3.63. The van der Waals surface area contributed by atoms with E-state index in [0.717, 1.165) is 47.3 Å². The van der Waals surface area contributed by atoms with E-state index in [-0.39, 0.29) is 12.0 Å². The zero-order valence-electron chi connectivity index (χ0n) is 17.4. The second-order valence-electron chi connectivity index (χ2n) is 9.16. The molecule has 2 aromatic rings. The van der Waals surface area contributed by atoms with Gasteiger partial charge in [0.1, 0.15) is 6.61 Å². The van der Waals surface area contributed by atoms with Crippen LogP contribution < -0.4 is 5.32 Å². The maximum atomic E-state index is 12.6. The highest BCUT2D eigenvalue weighted by Crippen LogP contribution is 2.45. The summed E-state index contributed by atoms with van der Waals surface area (Å²) in [5, 5.41) is 2.96. The number of carbonyl (C=O) groups excluding carboxylic acids is 2. The summed E-state index contributed by atoms with van der Waals surface area (Å²) in [6, 6.07) is 8.16. The summed E-state index contributed by atoms with van der Waals surface area (Å²) < 4.78 is 4.99. The maximum absolute atomic E-state index is 12.6. The molecule has 7 heteroatoms. The van der Waals surface area contributed by atoms with Crippen LogP contribution in [0.3, 0.4) is 0 Å². The van der Waals surface area contributed by atoms with Gasteiger partial charge in [-0.05, 0) is 60.1 Å². The molecule has 7 nitrogen and oxygen atoms in total. The van der Waals surface area contributed by atoms with Crippen LogP contribution >= 0.6 is 0 Å². The number of benzene rings is 1. The Labute approximate surface area is 181 Å². The summed E-state index contributed by atoms with van der Waals surface area (Å²) >= 11 is 0. The van der Waals surface area contributed by atoms with Gasteiger partial charge in [0.15, 0.2) is 0 Å². The number of anilines is 1. The zero-order chi connectivity index (χ0) is 20.9. The van der Waals surface area contributed by atoms with Crippen LogP contribution in [-0.4, -0.2) is 59.6 Å². The number of hydrogen-bond acceptors (Lipinski definition) is 4. The van der Waals surface area contributed by atoms with Crippen LogP contribution in [0.4, 0.5) is 10.5 Å². The van der Waals surface area contributed by atoms with Gasteiger partial charge in [-0.25, -0.2) is 4.79 Å². The van der Waals surface area contributed by atoms with Crippen LogP contribution in [0.5, 0.6) is 0 Å². The molecule has 2 amide bonds. The van der Waals surface area contributed by atoms with E-state index in [1.807, 2.05) is 18.2 Å². The standard InChI is InChI=1S/C24H26N4O3/c29-23-21(10-19-7-16(11-25-19)12-27-13-17-9-18(17)14-27)20-8-15(1-2-22(20)26-23)3-4-28-5-6-31-24(28)30/h1-2,7-8,10-11,17-18,25H,3-6,9,12-14H2,(H,26,29)/b21-10-/t17-,18+. The molecule has 1 aromatic heterocycles. The first-order valence-corrected chi connectivity index (χ1v) is 11.1. The summed E-state index contributed by atoms with van der Waals surface area (Å²) in [4.78, 5) is 31.8. The monoisotopic (exact) mass is 418 g/mol. The number of ether oxygens (including phenoxy) is 1. The van der Waals surface area contributed by atoms with E-state index in [9.17, 15) is 9.59 Å². The average molecular weight is 418 g/mol. The molecular weight excluding hydrogens is 392 g/mol. The van der Waals surface area contributed by atoms with Gasteiger partial charge >= 0.3 is 6.09 Å². The fourth-order valence-electron chi connectivity index (χ4n) is 5.10. The van der Waals surface area contributed by atoms with Crippen molar-refractivity contribution in [3.8, 4) is 0 Å². The lowest BCUT2D eigenvalue weighted by molar-refractivity contribution is -0.110. The average Bonchev–Trinajstić information content (AvgIpc) is 3.17. The Morgan fingerprint density at radius 1 is 1.13 bits per heavy atom. The van der Waals surface area contributed by atoms with Crippen LogP contribution in [-0.2, 0) is 22.5 Å². The van der Waals surface area contributed by atoms with E-state index in [2.05, 4.69) is 33.5 Å². The van der Waals surface area contributed by atoms with Crippen molar-refractivity contribution in [1.29, 1.82) is 0 Å². The molecule has 0 bridgehead atoms. The van der Waals surface area contributed by atoms with Gasteiger partial charge in [0.05, 0.1) is 12.1 Å². The Kier molecular flexibility index (Phi) is 4.38. The molecule has 4 aliphatic rings. The molecule has 1 aliphatic carbocycles.